The third-order valence-corrected chi connectivity index (χ3v) is 8.17. The van der Waals surface area contributed by atoms with Crippen LogP contribution in [0, 0.1) is 5.82 Å². The summed E-state index contributed by atoms with van der Waals surface area (Å²) in [5, 5.41) is 4.29. The molecule has 0 radical (unpaired) electrons. The highest BCUT2D eigenvalue weighted by molar-refractivity contribution is 7.80. The van der Waals surface area contributed by atoms with Gasteiger partial charge in [-0.15, -0.1) is 0 Å². The number of aromatic amines is 2. The zero-order valence-electron chi connectivity index (χ0n) is 17.5. The summed E-state index contributed by atoms with van der Waals surface area (Å²) < 4.78 is 54.0. The minimum Gasteiger partial charge on any atom is -0.360 e. The lowest BCUT2D eigenvalue weighted by Gasteiger charge is -2.19. The third kappa shape index (κ3) is 3.75. The highest BCUT2D eigenvalue weighted by Gasteiger charge is 2.31. The Morgan fingerprint density at radius 1 is 0.788 bits per heavy atom. The Hall–Kier alpha value is -3.37. The summed E-state index contributed by atoms with van der Waals surface area (Å²) in [5.74, 6) is -0.365. The summed E-state index contributed by atoms with van der Waals surface area (Å²) in [6.07, 6.45) is 3.23. The molecule has 3 aromatic carbocycles. The molecule has 0 saturated heterocycles. The lowest BCUT2D eigenvalue weighted by molar-refractivity contribution is -0.137. The van der Waals surface area contributed by atoms with Crippen molar-refractivity contribution in [2.45, 2.75) is 13.1 Å². The van der Waals surface area contributed by atoms with E-state index in [1.54, 1.807) is 12.3 Å². The fourth-order valence-corrected chi connectivity index (χ4v) is 6.67. The maximum atomic E-state index is 14.4. The second-order valence-electron chi connectivity index (χ2n) is 7.66. The fraction of sp³-hybridized carbons (Fsp3) is 0.0769. The Kier molecular flexibility index (Phi) is 5.34. The van der Waals surface area contributed by atoms with E-state index in [1.165, 1.54) is 18.2 Å². The first-order chi connectivity index (χ1) is 15.9. The number of benzene rings is 3. The van der Waals surface area contributed by atoms with Gasteiger partial charge in [-0.2, -0.15) is 13.2 Å². The van der Waals surface area contributed by atoms with Crippen LogP contribution in [0.4, 0.5) is 17.6 Å². The molecule has 5 aromatic rings. The monoisotopic (exact) mass is 466 g/mol. The molecule has 1 unspecified atom stereocenters. The Bertz CT molecular complexity index is 1480. The largest absolute Gasteiger partial charge is 0.416 e. The highest BCUT2D eigenvalue weighted by atomic mass is 31.1. The molecular weight excluding hydrogens is 447 g/mol. The van der Waals surface area contributed by atoms with Crippen molar-refractivity contribution in [3.05, 3.63) is 96.1 Å². The number of halogens is 4. The molecule has 5 rings (SSSR count). The van der Waals surface area contributed by atoms with Gasteiger partial charge in [-0.1, -0.05) is 54.6 Å². The minimum absolute atomic E-state index is 0.365. The maximum absolute atomic E-state index is 14.4. The molecule has 2 nitrogen and oxygen atoms in total. The van der Waals surface area contributed by atoms with E-state index in [9.17, 15) is 17.6 Å². The lowest BCUT2D eigenvalue weighted by atomic mass is 10.1. The van der Waals surface area contributed by atoms with Gasteiger partial charge in [0.15, 0.2) is 0 Å². The molecule has 0 aliphatic carbocycles. The number of hydrogen-bond donors (Lipinski definition) is 2. The molecule has 0 amide bonds. The first-order valence-electron chi connectivity index (χ1n) is 10.3. The second kappa shape index (κ2) is 8.20. The number of fused-ring (bicyclic) bond motifs is 2. The van der Waals surface area contributed by atoms with Crippen LogP contribution < -0.4 is 15.9 Å². The van der Waals surface area contributed by atoms with Crippen LogP contribution in [0.2, 0.25) is 0 Å². The summed E-state index contributed by atoms with van der Waals surface area (Å²) >= 11 is 0. The van der Waals surface area contributed by atoms with Crippen LogP contribution in [-0.2, 0) is 6.18 Å². The van der Waals surface area contributed by atoms with E-state index in [0.717, 1.165) is 49.9 Å². The summed E-state index contributed by atoms with van der Waals surface area (Å²) in [7, 11) is -1.27. The van der Waals surface area contributed by atoms with Crippen molar-refractivity contribution >= 4 is 51.7 Å². The van der Waals surface area contributed by atoms with E-state index >= 15 is 0 Å². The number of rotatable bonds is 4. The molecule has 1 atom stereocenters. The highest BCUT2D eigenvalue weighted by Crippen LogP contribution is 2.40. The van der Waals surface area contributed by atoms with Crippen molar-refractivity contribution in [2.75, 3.05) is 0 Å². The number of para-hydroxylation sites is 2. The normalized spacial score (nSPS) is 13.4. The van der Waals surface area contributed by atoms with Gasteiger partial charge in [0.05, 0.1) is 16.6 Å². The minimum atomic E-state index is -4.41. The van der Waals surface area contributed by atoms with Crippen LogP contribution in [0.3, 0.4) is 0 Å². The molecule has 0 aliphatic rings. The fourth-order valence-electron chi connectivity index (χ4n) is 4.16. The Balaban J connectivity index is 1.76. The van der Waals surface area contributed by atoms with Crippen molar-refractivity contribution < 1.29 is 17.6 Å². The topological polar surface area (TPSA) is 31.6 Å². The van der Waals surface area contributed by atoms with Gasteiger partial charge in [-0.3, -0.25) is 0 Å². The predicted molar refractivity (Wildman–Crippen MR) is 129 cm³/mol. The lowest BCUT2D eigenvalue weighted by Crippen LogP contribution is -2.20. The van der Waals surface area contributed by atoms with Crippen molar-refractivity contribution in [1.82, 2.24) is 9.97 Å². The summed E-state index contributed by atoms with van der Waals surface area (Å²) in [6.45, 7) is 1.94. The van der Waals surface area contributed by atoms with Crippen LogP contribution in [0.5, 0.6) is 0 Å². The van der Waals surface area contributed by atoms with Crippen molar-refractivity contribution in [1.29, 1.82) is 0 Å². The van der Waals surface area contributed by atoms with Crippen LogP contribution in [0.1, 0.15) is 18.1 Å². The molecule has 2 aromatic heterocycles. The predicted octanol–water partition coefficient (Wildman–Crippen LogP) is 6.60. The number of allylic oxidation sites excluding steroid dienone is 1. The van der Waals surface area contributed by atoms with Crippen LogP contribution in [-0.4, -0.2) is 9.97 Å². The van der Waals surface area contributed by atoms with E-state index in [1.807, 2.05) is 49.5 Å². The molecule has 0 saturated carbocycles. The second-order valence-corrected chi connectivity index (χ2v) is 9.81. The first-order valence-corrected chi connectivity index (χ1v) is 11.7. The molecule has 33 heavy (non-hydrogen) atoms. The zero-order chi connectivity index (χ0) is 23.2. The maximum Gasteiger partial charge on any atom is 0.416 e. The van der Waals surface area contributed by atoms with Gasteiger partial charge in [0, 0.05) is 33.8 Å². The summed E-state index contributed by atoms with van der Waals surface area (Å²) in [6, 6.07) is 16.1. The van der Waals surface area contributed by atoms with Gasteiger partial charge in [-0.05, 0) is 43.9 Å². The quantitative estimate of drug-likeness (QED) is 0.221. The van der Waals surface area contributed by atoms with Gasteiger partial charge < -0.3 is 9.97 Å². The molecule has 0 aliphatic heterocycles. The smallest absolute Gasteiger partial charge is 0.360 e. The van der Waals surface area contributed by atoms with E-state index in [0.29, 0.717) is 5.52 Å². The zero-order valence-corrected chi connectivity index (χ0v) is 18.4. The van der Waals surface area contributed by atoms with Gasteiger partial charge in [0.25, 0.3) is 0 Å². The van der Waals surface area contributed by atoms with Gasteiger partial charge in [-0.25, -0.2) is 4.39 Å². The van der Waals surface area contributed by atoms with Crippen LogP contribution in [0.25, 0.3) is 27.9 Å². The standard InChI is InChI=1S/C26H19F4N2P/c1-2-5-16-6-3-7-19-22(14-31-24(16)19)33(18-12-10-17(11-13-18)26(28,29)30)23-15-32-25-20(23)8-4-9-21(25)27/h2-15,31-32H,1H3/b5-2+. The molecule has 0 spiro atoms. The number of hydrogen-bond acceptors (Lipinski definition) is 0. The average molecular weight is 466 g/mol. The molecule has 166 valence electrons. The SMILES string of the molecule is C/C=C/c1cccc2c(P(c3ccc(C(F)(F)F)cc3)c3c[nH]c4c(F)cccc34)c[nH]c12. The number of alkyl halides is 3. The van der Waals surface area contributed by atoms with E-state index in [-0.39, 0.29) is 5.82 Å². The Labute approximate surface area is 188 Å². The molecule has 2 heterocycles. The molecular formula is C26H19F4N2P. The van der Waals surface area contributed by atoms with Crippen molar-refractivity contribution in [3.63, 3.8) is 0 Å². The van der Waals surface area contributed by atoms with Crippen LogP contribution in [0.15, 0.2) is 79.1 Å². The van der Waals surface area contributed by atoms with Gasteiger partial charge in [0.1, 0.15) is 5.82 Å². The third-order valence-electron chi connectivity index (χ3n) is 5.65. The average Bonchev–Trinajstić information content (AvgIpc) is 3.41. The molecule has 2 N–H and O–H groups in total. The van der Waals surface area contributed by atoms with E-state index in [4.69, 9.17) is 0 Å². The molecule has 0 fully saturated rings. The number of aromatic nitrogens is 2. The van der Waals surface area contributed by atoms with Gasteiger partial charge >= 0.3 is 6.18 Å². The van der Waals surface area contributed by atoms with Crippen molar-refractivity contribution in [3.8, 4) is 0 Å². The number of H-pyrrole nitrogens is 2. The van der Waals surface area contributed by atoms with Crippen molar-refractivity contribution in [2.24, 2.45) is 0 Å². The summed E-state index contributed by atoms with van der Waals surface area (Å²) in [4.78, 5) is 6.37. The molecule has 0 bridgehead atoms. The summed E-state index contributed by atoms with van der Waals surface area (Å²) in [5.41, 5.74) is 1.67. The molecule has 7 heteroatoms. The first kappa shape index (κ1) is 21.5. The Morgan fingerprint density at radius 2 is 1.39 bits per heavy atom. The van der Waals surface area contributed by atoms with E-state index in [2.05, 4.69) is 9.97 Å². The Morgan fingerprint density at radius 3 is 2.03 bits per heavy atom. The number of nitrogens with one attached hydrogen (secondary N) is 2. The van der Waals surface area contributed by atoms with E-state index < -0.39 is 19.7 Å². The van der Waals surface area contributed by atoms with Gasteiger partial charge in [0.2, 0.25) is 0 Å². The van der Waals surface area contributed by atoms with Crippen LogP contribution >= 0.6 is 7.92 Å².